The third-order valence-electron chi connectivity index (χ3n) is 8.38. The lowest BCUT2D eigenvalue weighted by molar-refractivity contribution is -0.445. The number of nitrogens with zero attached hydrogens (tertiary/aromatic N) is 2. The van der Waals surface area contributed by atoms with Crippen LogP contribution in [0.2, 0.25) is 0 Å². The van der Waals surface area contributed by atoms with Crippen molar-refractivity contribution in [1.29, 1.82) is 0 Å². The van der Waals surface area contributed by atoms with Crippen molar-refractivity contribution >= 4 is 23.1 Å². The quantitative estimate of drug-likeness (QED) is 0.680. The summed E-state index contributed by atoms with van der Waals surface area (Å²) in [4.78, 5) is 13.8. The Hall–Kier alpha value is -3.18. The van der Waals surface area contributed by atoms with Gasteiger partial charge in [-0.15, -0.1) is 0 Å². The number of ether oxygens (including phenoxy) is 1. The molecule has 0 saturated heterocycles. The van der Waals surface area contributed by atoms with Crippen molar-refractivity contribution in [2.45, 2.75) is 57.2 Å². The smallest absolute Gasteiger partial charge is 0.307 e. The molecule has 172 valence electrons. The maximum atomic E-state index is 11.3. The Morgan fingerprint density at radius 2 is 2.03 bits per heavy atom. The minimum absolute atomic E-state index is 0.0570. The van der Waals surface area contributed by atoms with Crippen LogP contribution in [0.25, 0.3) is 0 Å². The fraction of sp³-hybridized carbons (Fsp3) is 0.379. The second kappa shape index (κ2) is 6.92. The van der Waals surface area contributed by atoms with E-state index >= 15 is 0 Å². The van der Waals surface area contributed by atoms with Gasteiger partial charge in [0, 0.05) is 53.5 Å². The molecule has 2 atom stereocenters. The van der Waals surface area contributed by atoms with Crippen molar-refractivity contribution in [3.05, 3.63) is 82.1 Å². The molecule has 0 spiro atoms. The lowest BCUT2D eigenvalue weighted by atomic mass is 9.74. The van der Waals surface area contributed by atoms with Crippen LogP contribution < -0.4 is 4.90 Å². The average molecular weight is 454 g/mol. The number of anilines is 1. The zero-order chi connectivity index (χ0) is 23.2. The minimum Gasteiger partial charge on any atom is -0.481 e. The standard InChI is InChI=1S/C29H28N2O3/c1-29(2)21-13-17(14-27(32)33)7-8-23(21)31-12-10-26-20(28(29)31)16-19-24-15-18-5-3-4-6-22(18)30(24)11-9-25(19)34-26/h3-8,13,16,25-26H,9-12,14-15H2,1-2H3/p+1. The van der Waals surface area contributed by atoms with Gasteiger partial charge in [0.25, 0.3) is 0 Å². The number of hydrogen-bond acceptors (Lipinski definition) is 3. The highest BCUT2D eigenvalue weighted by Gasteiger charge is 2.53. The van der Waals surface area contributed by atoms with Gasteiger partial charge >= 0.3 is 5.97 Å². The summed E-state index contributed by atoms with van der Waals surface area (Å²) in [5.41, 5.74) is 11.2. The predicted octanol–water partition coefficient (Wildman–Crippen LogP) is 4.51. The molecular weight excluding hydrogens is 424 g/mol. The first-order valence-electron chi connectivity index (χ1n) is 12.4. The zero-order valence-corrected chi connectivity index (χ0v) is 19.7. The summed E-state index contributed by atoms with van der Waals surface area (Å²) in [6.45, 7) is 6.50. The molecule has 1 N–H and O–H groups in total. The number of allylic oxidation sites excluding steroid dienone is 1. The van der Waals surface area contributed by atoms with Crippen molar-refractivity contribution in [3.63, 3.8) is 0 Å². The predicted molar refractivity (Wildman–Crippen MR) is 131 cm³/mol. The van der Waals surface area contributed by atoms with Gasteiger partial charge in [0.2, 0.25) is 5.69 Å². The molecule has 0 radical (unpaired) electrons. The van der Waals surface area contributed by atoms with Crippen molar-refractivity contribution in [3.8, 4) is 0 Å². The molecule has 5 heteroatoms. The van der Waals surface area contributed by atoms with Crippen LogP contribution >= 0.6 is 0 Å². The molecule has 7 rings (SSSR count). The van der Waals surface area contributed by atoms with Crippen LogP contribution in [0.1, 0.15) is 43.4 Å². The molecule has 2 aromatic carbocycles. The summed E-state index contributed by atoms with van der Waals surface area (Å²) in [6, 6.07) is 15.0. The van der Waals surface area contributed by atoms with Gasteiger partial charge in [-0.25, -0.2) is 0 Å². The fourth-order valence-electron chi connectivity index (χ4n) is 6.92. The molecule has 5 nitrogen and oxygen atoms in total. The van der Waals surface area contributed by atoms with Crippen LogP contribution in [0.15, 0.2) is 65.4 Å². The molecule has 0 aromatic heterocycles. The number of benzene rings is 2. The number of carbonyl (C=O) groups is 1. The SMILES string of the molecule is CC1(C)C2=[N+](CCC3OC4CCN5C(=C4C=C23)Cc2ccccc25)c2ccc(CC(=O)O)cc21. The summed E-state index contributed by atoms with van der Waals surface area (Å²) >= 11 is 0. The van der Waals surface area contributed by atoms with E-state index in [-0.39, 0.29) is 24.0 Å². The van der Waals surface area contributed by atoms with E-state index in [4.69, 9.17) is 4.74 Å². The number of para-hydroxylation sites is 1. The van der Waals surface area contributed by atoms with E-state index in [1.807, 2.05) is 6.07 Å². The first-order chi connectivity index (χ1) is 16.4. The highest BCUT2D eigenvalue weighted by atomic mass is 16.5. The van der Waals surface area contributed by atoms with Crippen LogP contribution in [0.4, 0.5) is 11.4 Å². The number of aliphatic carboxylic acids is 1. The van der Waals surface area contributed by atoms with Gasteiger partial charge in [0.15, 0.2) is 12.3 Å². The molecule has 2 aromatic rings. The van der Waals surface area contributed by atoms with E-state index in [2.05, 4.69) is 65.8 Å². The number of hydrogen-bond donors (Lipinski definition) is 1. The van der Waals surface area contributed by atoms with Gasteiger partial charge in [-0.2, -0.15) is 4.58 Å². The number of fused-ring (bicyclic) bond motifs is 8. The third-order valence-corrected chi connectivity index (χ3v) is 8.38. The zero-order valence-electron chi connectivity index (χ0n) is 19.7. The largest absolute Gasteiger partial charge is 0.481 e. The fourth-order valence-corrected chi connectivity index (χ4v) is 6.92. The average Bonchev–Trinajstić information content (AvgIpc) is 3.31. The minimum atomic E-state index is -0.788. The van der Waals surface area contributed by atoms with Crippen LogP contribution in [-0.2, 0) is 27.8 Å². The second-order valence-corrected chi connectivity index (χ2v) is 10.7. The first-order valence-corrected chi connectivity index (χ1v) is 12.4. The van der Waals surface area contributed by atoms with Crippen molar-refractivity contribution in [2.75, 3.05) is 18.0 Å². The van der Waals surface area contributed by atoms with Gasteiger partial charge < -0.3 is 14.7 Å². The van der Waals surface area contributed by atoms with E-state index in [1.54, 1.807) is 0 Å². The van der Waals surface area contributed by atoms with Gasteiger partial charge in [-0.05, 0) is 49.6 Å². The van der Waals surface area contributed by atoms with E-state index in [0.29, 0.717) is 0 Å². The Morgan fingerprint density at radius 3 is 2.88 bits per heavy atom. The third kappa shape index (κ3) is 2.70. The normalized spacial score (nSPS) is 25.7. The van der Waals surface area contributed by atoms with Crippen molar-refractivity contribution < 1.29 is 19.2 Å². The molecule has 34 heavy (non-hydrogen) atoms. The molecule has 0 amide bonds. The highest BCUT2D eigenvalue weighted by Crippen LogP contribution is 2.49. The molecule has 0 fully saturated rings. The topological polar surface area (TPSA) is 52.8 Å². The second-order valence-electron chi connectivity index (χ2n) is 10.7. The van der Waals surface area contributed by atoms with E-state index in [1.165, 1.54) is 45.1 Å². The Bertz CT molecular complexity index is 1360. The van der Waals surface area contributed by atoms with Gasteiger partial charge in [-0.3, -0.25) is 4.79 Å². The lowest BCUT2D eigenvalue weighted by Gasteiger charge is -2.40. The molecular formula is C29H29N2O3+. The monoisotopic (exact) mass is 453 g/mol. The first kappa shape index (κ1) is 20.2. The van der Waals surface area contributed by atoms with Crippen molar-refractivity contribution in [2.24, 2.45) is 0 Å². The number of carboxylic acid groups (broad SMARTS) is 1. The van der Waals surface area contributed by atoms with Gasteiger partial charge in [-0.1, -0.05) is 24.3 Å². The Balaban J connectivity index is 1.35. The Labute approximate surface area is 199 Å². The van der Waals surface area contributed by atoms with Gasteiger partial charge in [0.05, 0.1) is 24.0 Å². The maximum Gasteiger partial charge on any atom is 0.307 e. The van der Waals surface area contributed by atoms with Crippen LogP contribution in [-0.4, -0.2) is 46.7 Å². The summed E-state index contributed by atoms with van der Waals surface area (Å²) in [7, 11) is 0. The van der Waals surface area contributed by atoms with Crippen LogP contribution in [0.3, 0.4) is 0 Å². The molecule has 2 unspecified atom stereocenters. The van der Waals surface area contributed by atoms with Crippen molar-refractivity contribution in [1.82, 2.24) is 0 Å². The highest BCUT2D eigenvalue weighted by molar-refractivity contribution is 6.08. The Kier molecular flexibility index (Phi) is 4.12. The van der Waals surface area contributed by atoms with Crippen LogP contribution in [0, 0.1) is 0 Å². The van der Waals surface area contributed by atoms with E-state index < -0.39 is 5.97 Å². The lowest BCUT2D eigenvalue weighted by Crippen LogP contribution is -2.46. The Morgan fingerprint density at radius 1 is 1.18 bits per heavy atom. The molecule has 5 heterocycles. The summed E-state index contributed by atoms with van der Waals surface area (Å²) < 4.78 is 9.26. The van der Waals surface area contributed by atoms with Crippen LogP contribution in [0.5, 0.6) is 0 Å². The molecule has 0 bridgehead atoms. The van der Waals surface area contributed by atoms with Gasteiger partial charge in [0.1, 0.15) is 0 Å². The summed E-state index contributed by atoms with van der Waals surface area (Å²) in [5.74, 6) is -0.788. The molecule has 5 aliphatic rings. The molecule has 0 saturated carbocycles. The van der Waals surface area contributed by atoms with E-state index in [9.17, 15) is 9.90 Å². The number of carboxylic acids is 1. The van der Waals surface area contributed by atoms with E-state index in [0.717, 1.165) is 37.9 Å². The number of rotatable bonds is 2. The summed E-state index contributed by atoms with van der Waals surface area (Å²) in [6.07, 6.45) is 5.79. The molecule has 0 aliphatic carbocycles. The molecule has 5 aliphatic heterocycles. The maximum absolute atomic E-state index is 11.3. The summed E-state index contributed by atoms with van der Waals surface area (Å²) in [5, 5.41) is 9.31.